The smallest absolute Gasteiger partial charge is 0.251 e. The molecule has 0 aromatic heterocycles. The summed E-state index contributed by atoms with van der Waals surface area (Å²) in [7, 11) is 0. The molecule has 0 bridgehead atoms. The minimum absolute atomic E-state index is 0.0176. The number of hydrogen-bond acceptors (Lipinski definition) is 3. The number of benzene rings is 1. The molecule has 1 unspecified atom stereocenters. The monoisotopic (exact) mass is 427 g/mol. The number of carbonyl (C=O) groups excluding carboxylic acids is 1. The summed E-state index contributed by atoms with van der Waals surface area (Å²) in [5, 5.41) is 2.73. The number of allylic oxidation sites excluding steroid dienone is 4. The zero-order valence-corrected chi connectivity index (χ0v) is 18.0. The number of rotatable bonds is 6. The average Bonchev–Trinajstić information content (AvgIpc) is 3.28. The number of nitrogens with one attached hydrogen (secondary N) is 1. The lowest BCUT2D eigenvalue weighted by molar-refractivity contribution is 0.0953. The van der Waals surface area contributed by atoms with Gasteiger partial charge in [0.25, 0.3) is 5.91 Å². The topological polar surface area (TPSA) is 35.6 Å². The van der Waals surface area contributed by atoms with Crippen LogP contribution >= 0.6 is 0 Å². The Morgan fingerprint density at radius 3 is 2.52 bits per heavy atom. The van der Waals surface area contributed by atoms with Gasteiger partial charge in [-0.3, -0.25) is 9.69 Å². The zero-order valence-electron chi connectivity index (χ0n) is 18.0. The molecule has 1 amide bonds. The first kappa shape index (κ1) is 21.8. The highest BCUT2D eigenvalue weighted by Crippen LogP contribution is 2.31. The molecule has 2 aliphatic heterocycles. The number of amides is 1. The van der Waals surface area contributed by atoms with Crippen LogP contribution in [0.5, 0.6) is 0 Å². The van der Waals surface area contributed by atoms with Gasteiger partial charge in [-0.2, -0.15) is 0 Å². The normalized spacial score (nSPS) is 22.5. The number of likely N-dealkylation sites (tertiary alicyclic amines) is 2. The van der Waals surface area contributed by atoms with Crippen LogP contribution in [0, 0.1) is 17.6 Å². The summed E-state index contributed by atoms with van der Waals surface area (Å²) in [4.78, 5) is 17.0. The molecule has 1 N–H and O–H groups in total. The summed E-state index contributed by atoms with van der Waals surface area (Å²) in [5.41, 5.74) is 2.44. The predicted octanol–water partition coefficient (Wildman–Crippen LogP) is 4.27. The average molecular weight is 428 g/mol. The number of carbonyl (C=O) groups is 1. The lowest BCUT2D eigenvalue weighted by Gasteiger charge is -2.37. The fourth-order valence-corrected chi connectivity index (χ4v) is 5.00. The zero-order chi connectivity index (χ0) is 21.8. The molecule has 6 heteroatoms. The van der Waals surface area contributed by atoms with Crippen molar-refractivity contribution in [3.05, 3.63) is 71.5 Å². The van der Waals surface area contributed by atoms with E-state index in [9.17, 15) is 13.6 Å². The molecule has 1 aromatic carbocycles. The third-order valence-corrected chi connectivity index (χ3v) is 6.80. The highest BCUT2D eigenvalue weighted by Gasteiger charge is 2.31. The number of piperidine rings is 1. The summed E-state index contributed by atoms with van der Waals surface area (Å²) < 4.78 is 26.7. The summed E-state index contributed by atoms with van der Waals surface area (Å²) in [5.74, 6) is -1.28. The summed E-state index contributed by atoms with van der Waals surface area (Å²) >= 11 is 0. The highest BCUT2D eigenvalue weighted by atomic mass is 19.1. The van der Waals surface area contributed by atoms with Gasteiger partial charge in [0, 0.05) is 36.5 Å². The standard InChI is InChI=1S/C25H31F2N3O/c1-18(16-28-25(31)21-13-22(26)15-23(27)14-21)30-12-9-24(17-30)29-10-7-20(8-11-29)19-5-3-2-4-6-19/h2-3,5,13-15,20,24H,1,4,6-12,16-17H2,(H,28,31). The molecule has 31 heavy (non-hydrogen) atoms. The Labute approximate surface area is 183 Å². The van der Waals surface area contributed by atoms with Crippen molar-refractivity contribution in [3.8, 4) is 0 Å². The van der Waals surface area contributed by atoms with E-state index in [1.165, 1.54) is 25.7 Å². The van der Waals surface area contributed by atoms with Crippen molar-refractivity contribution in [3.63, 3.8) is 0 Å². The van der Waals surface area contributed by atoms with E-state index in [1.54, 1.807) is 5.57 Å². The van der Waals surface area contributed by atoms with Crippen molar-refractivity contribution in [2.45, 2.75) is 38.1 Å². The molecule has 4 rings (SSSR count). The van der Waals surface area contributed by atoms with Crippen molar-refractivity contribution in [1.82, 2.24) is 15.1 Å². The van der Waals surface area contributed by atoms with Crippen LogP contribution in [0.4, 0.5) is 8.78 Å². The lowest BCUT2D eigenvalue weighted by atomic mass is 9.84. The molecule has 2 fully saturated rings. The van der Waals surface area contributed by atoms with Crippen LogP contribution in [-0.4, -0.2) is 54.5 Å². The first-order valence-electron chi connectivity index (χ1n) is 11.3. The van der Waals surface area contributed by atoms with Crippen molar-refractivity contribution in [2.24, 2.45) is 5.92 Å². The van der Waals surface area contributed by atoms with Crippen molar-refractivity contribution in [2.75, 3.05) is 32.7 Å². The van der Waals surface area contributed by atoms with Gasteiger partial charge in [0.1, 0.15) is 11.6 Å². The van der Waals surface area contributed by atoms with Crippen LogP contribution in [0.3, 0.4) is 0 Å². The van der Waals surface area contributed by atoms with Gasteiger partial charge in [-0.05, 0) is 63.2 Å². The molecule has 0 saturated carbocycles. The van der Waals surface area contributed by atoms with E-state index in [-0.39, 0.29) is 12.1 Å². The van der Waals surface area contributed by atoms with E-state index in [2.05, 4.69) is 39.9 Å². The Bertz CT molecular complexity index is 867. The quantitative estimate of drug-likeness (QED) is 0.737. The summed E-state index contributed by atoms with van der Waals surface area (Å²) in [6, 6.07) is 3.35. The maximum Gasteiger partial charge on any atom is 0.251 e. The van der Waals surface area contributed by atoms with E-state index in [1.807, 2.05) is 0 Å². The second-order valence-electron chi connectivity index (χ2n) is 8.81. The highest BCUT2D eigenvalue weighted by molar-refractivity contribution is 5.94. The van der Waals surface area contributed by atoms with Gasteiger partial charge < -0.3 is 10.2 Å². The molecule has 3 aliphatic rings. The fraction of sp³-hybridized carbons (Fsp3) is 0.480. The summed E-state index contributed by atoms with van der Waals surface area (Å²) in [6.07, 6.45) is 12.7. The van der Waals surface area contributed by atoms with Gasteiger partial charge in [0.2, 0.25) is 0 Å². The second-order valence-corrected chi connectivity index (χ2v) is 8.81. The third kappa shape index (κ3) is 5.42. The van der Waals surface area contributed by atoms with Crippen LogP contribution in [0.15, 0.2) is 54.3 Å². The van der Waals surface area contributed by atoms with Gasteiger partial charge in [-0.1, -0.05) is 30.4 Å². The van der Waals surface area contributed by atoms with Gasteiger partial charge >= 0.3 is 0 Å². The second kappa shape index (κ2) is 9.77. The van der Waals surface area contributed by atoms with E-state index in [0.717, 1.165) is 62.4 Å². The maximum atomic E-state index is 13.3. The Balaban J connectivity index is 1.22. The van der Waals surface area contributed by atoms with E-state index in [4.69, 9.17) is 0 Å². The van der Waals surface area contributed by atoms with E-state index >= 15 is 0 Å². The van der Waals surface area contributed by atoms with Gasteiger partial charge in [0.15, 0.2) is 0 Å². The van der Waals surface area contributed by atoms with Crippen LogP contribution in [0.1, 0.15) is 42.5 Å². The lowest BCUT2D eigenvalue weighted by Crippen LogP contribution is -2.43. The van der Waals surface area contributed by atoms with Crippen LogP contribution in [-0.2, 0) is 0 Å². The number of halogens is 2. The molecule has 1 aliphatic carbocycles. The molecule has 166 valence electrons. The van der Waals surface area contributed by atoms with Crippen molar-refractivity contribution >= 4 is 5.91 Å². The number of hydrogen-bond donors (Lipinski definition) is 1. The molecule has 1 atom stereocenters. The molecular weight excluding hydrogens is 396 g/mol. The first-order valence-corrected chi connectivity index (χ1v) is 11.3. The van der Waals surface area contributed by atoms with Crippen LogP contribution in [0.25, 0.3) is 0 Å². The van der Waals surface area contributed by atoms with Gasteiger partial charge in [-0.15, -0.1) is 0 Å². The van der Waals surface area contributed by atoms with Gasteiger partial charge in [-0.25, -0.2) is 8.78 Å². The SMILES string of the molecule is C=C(CNC(=O)c1cc(F)cc(F)c1)N1CCC(N2CCC(C3=CC=CCC3)CC2)C1. The van der Waals surface area contributed by atoms with Crippen LogP contribution < -0.4 is 5.32 Å². The molecule has 2 heterocycles. The molecule has 1 aromatic rings. The third-order valence-electron chi connectivity index (χ3n) is 6.80. The van der Waals surface area contributed by atoms with Crippen molar-refractivity contribution < 1.29 is 13.6 Å². The number of nitrogens with zero attached hydrogens (tertiary/aromatic N) is 2. The Kier molecular flexibility index (Phi) is 6.86. The minimum Gasteiger partial charge on any atom is -0.372 e. The van der Waals surface area contributed by atoms with E-state index < -0.39 is 17.5 Å². The Morgan fingerprint density at radius 2 is 1.84 bits per heavy atom. The minimum atomic E-state index is -0.758. The fourth-order valence-electron chi connectivity index (χ4n) is 5.00. The molecule has 0 spiro atoms. The molecular formula is C25H31F2N3O. The molecule has 0 radical (unpaired) electrons. The summed E-state index contributed by atoms with van der Waals surface area (Å²) in [6.45, 7) is 8.50. The van der Waals surface area contributed by atoms with Gasteiger partial charge in [0.05, 0.1) is 6.54 Å². The molecule has 4 nitrogen and oxygen atoms in total. The van der Waals surface area contributed by atoms with Crippen LogP contribution in [0.2, 0.25) is 0 Å². The Morgan fingerprint density at radius 1 is 1.10 bits per heavy atom. The first-order chi connectivity index (χ1) is 15.0. The maximum absolute atomic E-state index is 13.3. The predicted molar refractivity (Wildman–Crippen MR) is 119 cm³/mol. The Hall–Kier alpha value is -2.47. The largest absolute Gasteiger partial charge is 0.372 e. The molecule has 2 saturated heterocycles. The van der Waals surface area contributed by atoms with Crippen molar-refractivity contribution in [1.29, 1.82) is 0 Å². The van der Waals surface area contributed by atoms with E-state index in [0.29, 0.717) is 6.04 Å².